The van der Waals surface area contributed by atoms with Crippen LogP contribution < -0.4 is 4.90 Å². The van der Waals surface area contributed by atoms with E-state index in [9.17, 15) is 10.1 Å². The summed E-state index contributed by atoms with van der Waals surface area (Å²) in [6, 6.07) is 1.25. The number of likely N-dealkylation sites (N-methyl/N-ethyl adjacent to an activating group) is 1. The Morgan fingerprint density at radius 1 is 1.69 bits per heavy atom. The molecule has 1 aromatic heterocycles. The second-order valence-electron chi connectivity index (χ2n) is 3.06. The van der Waals surface area contributed by atoms with Crippen molar-refractivity contribution in [3.8, 4) is 0 Å². The second-order valence-corrected chi connectivity index (χ2v) is 3.47. The van der Waals surface area contributed by atoms with Crippen LogP contribution in [0.2, 0.25) is 5.02 Å². The van der Waals surface area contributed by atoms with Crippen molar-refractivity contribution in [3.63, 3.8) is 0 Å². The second kappa shape index (κ2) is 5.62. The zero-order valence-corrected chi connectivity index (χ0v) is 9.52. The molecular weight excluding hydrogens is 234 g/mol. The lowest BCUT2D eigenvalue weighted by molar-refractivity contribution is -0.385. The van der Waals surface area contributed by atoms with Crippen molar-refractivity contribution >= 4 is 23.1 Å². The number of halogens is 1. The SMILES string of the molecule is CCN(CCO)c1ncc([N+](=O)[O-])cc1Cl. The van der Waals surface area contributed by atoms with Gasteiger partial charge in [-0.3, -0.25) is 10.1 Å². The van der Waals surface area contributed by atoms with E-state index < -0.39 is 4.92 Å². The van der Waals surface area contributed by atoms with Crippen LogP contribution in [-0.2, 0) is 0 Å². The van der Waals surface area contributed by atoms with Crippen LogP contribution in [0, 0.1) is 10.1 Å². The Kier molecular flexibility index (Phi) is 4.45. The lowest BCUT2D eigenvalue weighted by Crippen LogP contribution is -2.27. The minimum atomic E-state index is -0.551. The number of pyridine rings is 1. The van der Waals surface area contributed by atoms with Gasteiger partial charge in [-0.25, -0.2) is 4.98 Å². The highest BCUT2D eigenvalue weighted by atomic mass is 35.5. The van der Waals surface area contributed by atoms with Crippen LogP contribution >= 0.6 is 11.6 Å². The zero-order chi connectivity index (χ0) is 12.1. The van der Waals surface area contributed by atoms with E-state index in [0.29, 0.717) is 18.9 Å². The third-order valence-electron chi connectivity index (χ3n) is 2.07. The molecule has 0 radical (unpaired) electrons. The van der Waals surface area contributed by atoms with Crippen LogP contribution in [0.4, 0.5) is 11.5 Å². The fourth-order valence-corrected chi connectivity index (χ4v) is 1.57. The van der Waals surface area contributed by atoms with E-state index in [1.54, 1.807) is 4.90 Å². The maximum atomic E-state index is 10.5. The molecule has 1 aromatic rings. The molecule has 6 nitrogen and oxygen atoms in total. The Morgan fingerprint density at radius 3 is 2.81 bits per heavy atom. The Labute approximate surface area is 97.6 Å². The quantitative estimate of drug-likeness (QED) is 0.628. The number of anilines is 1. The fourth-order valence-electron chi connectivity index (χ4n) is 1.29. The molecule has 7 heteroatoms. The molecule has 0 aliphatic rings. The van der Waals surface area contributed by atoms with E-state index >= 15 is 0 Å². The highest BCUT2D eigenvalue weighted by molar-refractivity contribution is 6.33. The summed E-state index contributed by atoms with van der Waals surface area (Å²) in [5.41, 5.74) is -0.145. The zero-order valence-electron chi connectivity index (χ0n) is 8.76. The van der Waals surface area contributed by atoms with Gasteiger partial charge in [-0.15, -0.1) is 0 Å². The molecule has 1 heterocycles. The molecule has 0 fully saturated rings. The van der Waals surface area contributed by atoms with Crippen LogP contribution in [0.5, 0.6) is 0 Å². The number of hydrogen-bond donors (Lipinski definition) is 1. The first kappa shape index (κ1) is 12.7. The van der Waals surface area contributed by atoms with E-state index in [2.05, 4.69) is 4.98 Å². The molecule has 0 aromatic carbocycles. The number of aliphatic hydroxyl groups is 1. The van der Waals surface area contributed by atoms with Crippen LogP contribution in [-0.4, -0.2) is 34.7 Å². The van der Waals surface area contributed by atoms with E-state index in [1.807, 2.05) is 6.92 Å². The number of hydrogen-bond acceptors (Lipinski definition) is 5. The Morgan fingerprint density at radius 2 is 2.38 bits per heavy atom. The summed E-state index contributed by atoms with van der Waals surface area (Å²) in [6.45, 7) is 2.87. The summed E-state index contributed by atoms with van der Waals surface area (Å²) in [6.07, 6.45) is 1.15. The highest BCUT2D eigenvalue weighted by Gasteiger charge is 2.14. The van der Waals surface area contributed by atoms with Crippen molar-refractivity contribution in [2.24, 2.45) is 0 Å². The summed E-state index contributed by atoms with van der Waals surface area (Å²) < 4.78 is 0. The summed E-state index contributed by atoms with van der Waals surface area (Å²) in [5.74, 6) is 0.448. The van der Waals surface area contributed by atoms with Gasteiger partial charge < -0.3 is 10.0 Å². The number of aromatic nitrogens is 1. The normalized spacial score (nSPS) is 10.2. The lowest BCUT2D eigenvalue weighted by atomic mass is 10.3. The molecular formula is C9H12ClN3O3. The maximum Gasteiger partial charge on any atom is 0.289 e. The maximum absolute atomic E-state index is 10.5. The molecule has 1 rings (SSSR count). The van der Waals surface area contributed by atoms with Gasteiger partial charge in [0, 0.05) is 19.2 Å². The molecule has 0 saturated carbocycles. The molecule has 1 N–H and O–H groups in total. The number of rotatable bonds is 5. The fraction of sp³-hybridized carbons (Fsp3) is 0.444. The monoisotopic (exact) mass is 245 g/mol. The van der Waals surface area contributed by atoms with Gasteiger partial charge in [0.25, 0.3) is 5.69 Å². The van der Waals surface area contributed by atoms with Gasteiger partial charge in [0.15, 0.2) is 0 Å². The number of nitrogens with zero attached hydrogens (tertiary/aromatic N) is 3. The van der Waals surface area contributed by atoms with Gasteiger partial charge in [-0.05, 0) is 6.92 Å². The lowest BCUT2D eigenvalue weighted by Gasteiger charge is -2.21. The first-order valence-electron chi connectivity index (χ1n) is 4.75. The first-order chi connectivity index (χ1) is 7.60. The summed E-state index contributed by atoms with van der Waals surface area (Å²) in [4.78, 5) is 15.6. The summed E-state index contributed by atoms with van der Waals surface area (Å²) >= 11 is 5.89. The van der Waals surface area contributed by atoms with Gasteiger partial charge in [-0.1, -0.05) is 11.6 Å². The minimum Gasteiger partial charge on any atom is -0.395 e. The van der Waals surface area contributed by atoms with E-state index in [-0.39, 0.29) is 17.3 Å². The summed E-state index contributed by atoms with van der Waals surface area (Å²) in [5, 5.41) is 19.5. The van der Waals surface area contributed by atoms with Gasteiger partial charge in [0.05, 0.1) is 16.6 Å². The predicted molar refractivity (Wildman–Crippen MR) is 60.9 cm³/mol. The summed E-state index contributed by atoms with van der Waals surface area (Å²) in [7, 11) is 0. The number of nitro groups is 1. The third kappa shape index (κ3) is 2.80. The average Bonchev–Trinajstić information content (AvgIpc) is 2.26. The third-order valence-corrected chi connectivity index (χ3v) is 2.35. The van der Waals surface area contributed by atoms with E-state index in [0.717, 1.165) is 6.20 Å². The van der Waals surface area contributed by atoms with Crippen LogP contribution in [0.25, 0.3) is 0 Å². The van der Waals surface area contributed by atoms with E-state index in [4.69, 9.17) is 16.7 Å². The molecule has 0 atom stereocenters. The first-order valence-corrected chi connectivity index (χ1v) is 5.13. The molecule has 88 valence electrons. The molecule has 0 saturated heterocycles. The molecule has 0 amide bonds. The molecule has 0 aliphatic carbocycles. The Balaban J connectivity index is 3.01. The number of aliphatic hydroxyl groups excluding tert-OH is 1. The largest absolute Gasteiger partial charge is 0.395 e. The minimum absolute atomic E-state index is 0.0250. The topological polar surface area (TPSA) is 79.5 Å². The predicted octanol–water partition coefficient (Wildman–Crippen LogP) is 1.46. The Bertz CT molecular complexity index is 386. The van der Waals surface area contributed by atoms with Gasteiger partial charge in [0.2, 0.25) is 0 Å². The average molecular weight is 246 g/mol. The van der Waals surface area contributed by atoms with Crippen LogP contribution in [0.3, 0.4) is 0 Å². The smallest absolute Gasteiger partial charge is 0.289 e. The van der Waals surface area contributed by atoms with Gasteiger partial charge in [-0.2, -0.15) is 0 Å². The molecule has 0 spiro atoms. The van der Waals surface area contributed by atoms with Crippen LogP contribution in [0.15, 0.2) is 12.3 Å². The van der Waals surface area contributed by atoms with Crippen molar-refractivity contribution in [2.75, 3.05) is 24.6 Å². The standard InChI is InChI=1S/C9H12ClN3O3/c1-2-12(3-4-14)9-8(10)5-7(6-11-9)13(15)16/h5-6,14H,2-4H2,1H3. The van der Waals surface area contributed by atoms with Crippen LogP contribution in [0.1, 0.15) is 6.92 Å². The van der Waals surface area contributed by atoms with Crippen molar-refractivity contribution in [1.29, 1.82) is 0 Å². The van der Waals surface area contributed by atoms with Gasteiger partial charge in [0.1, 0.15) is 12.0 Å². The molecule has 16 heavy (non-hydrogen) atoms. The van der Waals surface area contributed by atoms with Gasteiger partial charge >= 0.3 is 0 Å². The Hall–Kier alpha value is -1.40. The molecule has 0 unspecified atom stereocenters. The molecule has 0 bridgehead atoms. The van der Waals surface area contributed by atoms with Crippen molar-refractivity contribution < 1.29 is 10.0 Å². The molecule has 0 aliphatic heterocycles. The van der Waals surface area contributed by atoms with Crippen molar-refractivity contribution in [1.82, 2.24) is 4.98 Å². The van der Waals surface area contributed by atoms with E-state index in [1.165, 1.54) is 6.07 Å². The van der Waals surface area contributed by atoms with Crippen molar-refractivity contribution in [3.05, 3.63) is 27.4 Å². The highest BCUT2D eigenvalue weighted by Crippen LogP contribution is 2.26. The van der Waals surface area contributed by atoms with Crippen molar-refractivity contribution in [2.45, 2.75) is 6.92 Å².